The van der Waals surface area contributed by atoms with Gasteiger partial charge in [0.2, 0.25) is 5.89 Å². The van der Waals surface area contributed by atoms with Crippen LogP contribution in [0.5, 0.6) is 5.75 Å². The molecule has 1 aliphatic heterocycles. The van der Waals surface area contributed by atoms with Crippen molar-refractivity contribution in [2.45, 2.75) is 19.3 Å². The number of amides is 1. The van der Waals surface area contributed by atoms with E-state index in [0.717, 1.165) is 17.7 Å². The van der Waals surface area contributed by atoms with Gasteiger partial charge in [-0.05, 0) is 49.7 Å². The van der Waals surface area contributed by atoms with Crippen molar-refractivity contribution >= 4 is 5.91 Å². The molecule has 0 N–H and O–H groups in total. The number of nitrogens with zero attached hydrogens (tertiary/aromatic N) is 3. The maximum Gasteiger partial charge on any atom is 0.289 e. The normalized spacial score (nSPS) is 16.8. The standard InChI is InChI=1S/C19H19N3O4/c1-12-20-18(26-21-12)14-9-10-22(11-14)19(23)17-8-7-16(25-17)13-3-5-15(24-2)6-4-13/h3-8,14H,9-11H2,1-2H3. The summed E-state index contributed by atoms with van der Waals surface area (Å²) in [7, 11) is 1.62. The molecule has 1 fully saturated rings. The van der Waals surface area contributed by atoms with E-state index in [-0.39, 0.29) is 11.8 Å². The molecule has 3 aromatic rings. The van der Waals surface area contributed by atoms with Gasteiger partial charge in [-0.1, -0.05) is 5.16 Å². The van der Waals surface area contributed by atoms with E-state index in [1.54, 1.807) is 25.0 Å². The molecule has 1 amide bonds. The predicted molar refractivity (Wildman–Crippen MR) is 93.0 cm³/mol. The number of likely N-dealkylation sites (tertiary alicyclic amines) is 1. The summed E-state index contributed by atoms with van der Waals surface area (Å²) in [5.74, 6) is 2.92. The average Bonchev–Trinajstić information content (AvgIpc) is 3.41. The van der Waals surface area contributed by atoms with Crippen LogP contribution in [0.25, 0.3) is 11.3 Å². The van der Waals surface area contributed by atoms with E-state index in [1.165, 1.54) is 0 Å². The molecule has 1 atom stereocenters. The summed E-state index contributed by atoms with van der Waals surface area (Å²) in [6.45, 7) is 2.98. The predicted octanol–water partition coefficient (Wildman–Crippen LogP) is 3.28. The SMILES string of the molecule is COc1ccc(-c2ccc(C(=O)N3CCC(c4nc(C)no4)C3)o2)cc1. The second-order valence-corrected chi connectivity index (χ2v) is 6.31. The number of rotatable bonds is 4. The van der Waals surface area contributed by atoms with E-state index in [2.05, 4.69) is 10.1 Å². The van der Waals surface area contributed by atoms with Gasteiger partial charge in [-0.25, -0.2) is 0 Å². The molecule has 1 aliphatic rings. The number of aromatic nitrogens is 2. The van der Waals surface area contributed by atoms with E-state index in [4.69, 9.17) is 13.7 Å². The summed E-state index contributed by atoms with van der Waals surface area (Å²) in [6.07, 6.45) is 0.805. The molecule has 0 bridgehead atoms. The first-order valence-electron chi connectivity index (χ1n) is 8.48. The average molecular weight is 353 g/mol. The second kappa shape index (κ2) is 6.67. The lowest BCUT2D eigenvalue weighted by molar-refractivity contribution is 0.0759. The maximum absolute atomic E-state index is 12.7. The van der Waals surface area contributed by atoms with Crippen molar-refractivity contribution in [3.05, 3.63) is 53.9 Å². The summed E-state index contributed by atoms with van der Waals surface area (Å²) in [4.78, 5) is 18.8. The fraction of sp³-hybridized carbons (Fsp3) is 0.316. The Kier molecular flexibility index (Phi) is 4.20. The molecule has 1 saturated heterocycles. The lowest BCUT2D eigenvalue weighted by Gasteiger charge is -2.13. The minimum atomic E-state index is -0.122. The Bertz CT molecular complexity index is 913. The van der Waals surface area contributed by atoms with Crippen LogP contribution in [0.3, 0.4) is 0 Å². The molecule has 3 heterocycles. The van der Waals surface area contributed by atoms with Gasteiger partial charge in [0.25, 0.3) is 5.91 Å². The summed E-state index contributed by atoms with van der Waals surface area (Å²) >= 11 is 0. The quantitative estimate of drug-likeness (QED) is 0.716. The number of ether oxygens (including phenoxy) is 1. The molecule has 134 valence electrons. The minimum absolute atomic E-state index is 0.0798. The number of aryl methyl sites for hydroxylation is 1. The van der Waals surface area contributed by atoms with Crippen LogP contribution in [-0.4, -0.2) is 41.1 Å². The first kappa shape index (κ1) is 16.4. The van der Waals surface area contributed by atoms with Crippen molar-refractivity contribution in [1.82, 2.24) is 15.0 Å². The molecule has 4 rings (SSSR count). The van der Waals surface area contributed by atoms with Crippen molar-refractivity contribution in [1.29, 1.82) is 0 Å². The first-order chi connectivity index (χ1) is 12.6. The van der Waals surface area contributed by atoms with E-state index >= 15 is 0 Å². The Morgan fingerprint density at radius 1 is 1.23 bits per heavy atom. The van der Waals surface area contributed by atoms with Gasteiger partial charge in [0, 0.05) is 18.7 Å². The Balaban J connectivity index is 1.46. The maximum atomic E-state index is 12.7. The highest BCUT2D eigenvalue weighted by atomic mass is 16.5. The van der Waals surface area contributed by atoms with Gasteiger partial charge in [-0.3, -0.25) is 4.79 Å². The van der Waals surface area contributed by atoms with Gasteiger partial charge in [0.15, 0.2) is 11.6 Å². The lowest BCUT2D eigenvalue weighted by atomic mass is 10.1. The molecule has 2 aromatic heterocycles. The third-order valence-corrected chi connectivity index (χ3v) is 4.56. The molecule has 1 unspecified atom stereocenters. The fourth-order valence-electron chi connectivity index (χ4n) is 3.14. The van der Waals surface area contributed by atoms with E-state index in [1.807, 2.05) is 30.3 Å². The molecule has 0 radical (unpaired) electrons. The van der Waals surface area contributed by atoms with Crippen LogP contribution < -0.4 is 4.74 Å². The van der Waals surface area contributed by atoms with Gasteiger partial charge in [0.1, 0.15) is 11.5 Å². The van der Waals surface area contributed by atoms with Crippen LogP contribution in [0.1, 0.15) is 34.6 Å². The first-order valence-corrected chi connectivity index (χ1v) is 8.48. The molecule has 26 heavy (non-hydrogen) atoms. The van der Waals surface area contributed by atoms with Gasteiger partial charge in [-0.15, -0.1) is 0 Å². The molecule has 1 aromatic carbocycles. The van der Waals surface area contributed by atoms with Crippen LogP contribution in [0.2, 0.25) is 0 Å². The van der Waals surface area contributed by atoms with Gasteiger partial charge < -0.3 is 18.6 Å². The molecule has 0 spiro atoms. The van der Waals surface area contributed by atoms with Crippen LogP contribution in [0.15, 0.2) is 45.3 Å². The van der Waals surface area contributed by atoms with Crippen LogP contribution >= 0.6 is 0 Å². The highest BCUT2D eigenvalue weighted by molar-refractivity contribution is 5.92. The zero-order chi connectivity index (χ0) is 18.1. The van der Waals surface area contributed by atoms with Crippen molar-refractivity contribution in [3.8, 4) is 17.1 Å². The molecular formula is C19H19N3O4. The largest absolute Gasteiger partial charge is 0.497 e. The number of methoxy groups -OCH3 is 1. The Hall–Kier alpha value is -3.09. The summed E-state index contributed by atoms with van der Waals surface area (Å²) in [6, 6.07) is 11.0. The monoisotopic (exact) mass is 353 g/mol. The van der Waals surface area contributed by atoms with Crippen molar-refractivity contribution in [2.75, 3.05) is 20.2 Å². The molecule has 7 heteroatoms. The zero-order valence-electron chi connectivity index (χ0n) is 14.6. The zero-order valence-corrected chi connectivity index (χ0v) is 14.6. The molecular weight excluding hydrogens is 334 g/mol. The van der Waals surface area contributed by atoms with Crippen molar-refractivity contribution in [3.63, 3.8) is 0 Å². The number of benzene rings is 1. The van der Waals surface area contributed by atoms with Gasteiger partial charge in [-0.2, -0.15) is 4.98 Å². The van der Waals surface area contributed by atoms with E-state index in [9.17, 15) is 4.79 Å². The van der Waals surface area contributed by atoms with Crippen LogP contribution in [0.4, 0.5) is 0 Å². The molecule has 7 nitrogen and oxygen atoms in total. The number of hydrogen-bond acceptors (Lipinski definition) is 6. The van der Waals surface area contributed by atoms with Gasteiger partial charge >= 0.3 is 0 Å². The highest BCUT2D eigenvalue weighted by Crippen LogP contribution is 2.29. The van der Waals surface area contributed by atoms with Crippen LogP contribution in [0, 0.1) is 6.92 Å². The summed E-state index contributed by atoms with van der Waals surface area (Å²) in [5.41, 5.74) is 0.894. The third kappa shape index (κ3) is 3.08. The van der Waals surface area contributed by atoms with Crippen LogP contribution in [-0.2, 0) is 0 Å². The Morgan fingerprint density at radius 3 is 2.73 bits per heavy atom. The van der Waals surface area contributed by atoms with Crippen molar-refractivity contribution < 1.29 is 18.5 Å². The number of carbonyl (C=O) groups excluding carboxylic acids is 1. The fourth-order valence-corrected chi connectivity index (χ4v) is 3.14. The minimum Gasteiger partial charge on any atom is -0.497 e. The number of hydrogen-bond donors (Lipinski definition) is 0. The Morgan fingerprint density at radius 2 is 2.04 bits per heavy atom. The van der Waals surface area contributed by atoms with E-state index in [0.29, 0.717) is 36.3 Å². The van der Waals surface area contributed by atoms with Crippen molar-refractivity contribution in [2.24, 2.45) is 0 Å². The molecule has 0 aliphatic carbocycles. The van der Waals surface area contributed by atoms with E-state index < -0.39 is 0 Å². The highest BCUT2D eigenvalue weighted by Gasteiger charge is 2.32. The summed E-state index contributed by atoms with van der Waals surface area (Å²) < 4.78 is 16.2. The lowest BCUT2D eigenvalue weighted by Crippen LogP contribution is -2.28. The summed E-state index contributed by atoms with van der Waals surface area (Å²) in [5, 5.41) is 3.82. The second-order valence-electron chi connectivity index (χ2n) is 6.31. The number of furan rings is 1. The Labute approximate surface area is 150 Å². The van der Waals surface area contributed by atoms with Gasteiger partial charge in [0.05, 0.1) is 13.0 Å². The third-order valence-electron chi connectivity index (χ3n) is 4.56. The smallest absolute Gasteiger partial charge is 0.289 e. The topological polar surface area (TPSA) is 81.6 Å². The molecule has 0 saturated carbocycles. The number of carbonyl (C=O) groups is 1.